The van der Waals surface area contributed by atoms with Gasteiger partial charge in [0, 0.05) is 5.57 Å². The molecule has 1 aliphatic carbocycles. The summed E-state index contributed by atoms with van der Waals surface area (Å²) in [6.07, 6.45) is 6.98. The molecule has 0 spiro atoms. The van der Waals surface area contributed by atoms with Gasteiger partial charge in [0.15, 0.2) is 11.9 Å². The molecule has 0 aromatic heterocycles. The molecule has 2 aliphatic rings. The molecule has 4 nitrogen and oxygen atoms in total. The van der Waals surface area contributed by atoms with Crippen molar-refractivity contribution in [2.45, 2.75) is 6.10 Å². The van der Waals surface area contributed by atoms with E-state index in [4.69, 9.17) is 10.6 Å². The smallest absolute Gasteiger partial charge is 0.176 e. The second kappa shape index (κ2) is 3.14. The molecule has 1 heterocycles. The number of carbonyl (C=O) groups is 1. The zero-order valence-electron chi connectivity index (χ0n) is 7.01. The predicted octanol–water partition coefficient (Wildman–Crippen LogP) is 0.0112. The van der Waals surface area contributed by atoms with Crippen LogP contribution in [0.4, 0.5) is 0 Å². The highest BCUT2D eigenvalue weighted by molar-refractivity contribution is 5.99. The number of ketones is 1. The van der Waals surface area contributed by atoms with Gasteiger partial charge in [0.1, 0.15) is 0 Å². The van der Waals surface area contributed by atoms with Gasteiger partial charge in [0.2, 0.25) is 0 Å². The molecular weight excluding hydrogens is 168 g/mol. The van der Waals surface area contributed by atoms with Crippen molar-refractivity contribution in [1.82, 2.24) is 0 Å². The van der Waals surface area contributed by atoms with Gasteiger partial charge in [-0.25, -0.2) is 0 Å². The first-order valence-electron chi connectivity index (χ1n) is 4.14. The number of nitrogens with zero attached hydrogens (tertiary/aromatic N) is 1. The lowest BCUT2D eigenvalue weighted by Crippen LogP contribution is -2.29. The minimum absolute atomic E-state index is 0.0201. The molecule has 4 heteroatoms. The fourth-order valence-electron chi connectivity index (χ4n) is 1.49. The highest BCUT2D eigenvalue weighted by atomic mass is 16.6. The Labute approximate surface area is 75.7 Å². The van der Waals surface area contributed by atoms with Crippen LogP contribution in [0.2, 0.25) is 0 Å². The first-order valence-corrected chi connectivity index (χ1v) is 4.14. The van der Waals surface area contributed by atoms with Crippen molar-refractivity contribution in [2.75, 3.05) is 6.54 Å². The van der Waals surface area contributed by atoms with Gasteiger partial charge in [0.25, 0.3) is 0 Å². The third-order valence-corrected chi connectivity index (χ3v) is 2.18. The summed E-state index contributed by atoms with van der Waals surface area (Å²) >= 11 is 0. The van der Waals surface area contributed by atoms with E-state index in [1.165, 1.54) is 0 Å². The van der Waals surface area contributed by atoms with Crippen LogP contribution in [0.25, 0.3) is 0 Å². The van der Waals surface area contributed by atoms with Gasteiger partial charge in [-0.3, -0.25) is 4.79 Å². The summed E-state index contributed by atoms with van der Waals surface area (Å²) < 4.78 is 0. The van der Waals surface area contributed by atoms with Crippen LogP contribution in [-0.2, 0) is 9.63 Å². The van der Waals surface area contributed by atoms with Crippen LogP contribution in [0.5, 0.6) is 0 Å². The molecule has 2 rings (SSSR count). The molecule has 0 fully saturated rings. The van der Waals surface area contributed by atoms with Crippen molar-refractivity contribution in [3.05, 3.63) is 23.8 Å². The Balaban J connectivity index is 2.24. The number of fused-ring (bicyclic) bond motifs is 1. The predicted molar refractivity (Wildman–Crippen MR) is 48.1 cm³/mol. The van der Waals surface area contributed by atoms with Crippen LogP contribution < -0.4 is 5.73 Å². The topological polar surface area (TPSA) is 64.7 Å². The van der Waals surface area contributed by atoms with Crippen molar-refractivity contribution in [1.29, 1.82) is 0 Å². The lowest BCUT2D eigenvalue weighted by atomic mass is 9.90. The van der Waals surface area contributed by atoms with Crippen molar-refractivity contribution in [2.24, 2.45) is 16.8 Å². The fraction of sp³-hybridized carbons (Fsp3) is 0.333. The van der Waals surface area contributed by atoms with Crippen LogP contribution >= 0.6 is 0 Å². The molecule has 2 atom stereocenters. The number of oxime groups is 1. The van der Waals surface area contributed by atoms with Gasteiger partial charge in [-0.2, -0.15) is 0 Å². The molecule has 13 heavy (non-hydrogen) atoms. The summed E-state index contributed by atoms with van der Waals surface area (Å²) in [6.45, 7) is 0.0201. The third kappa shape index (κ3) is 1.29. The minimum atomic E-state index is -0.249. The number of nitrogens with two attached hydrogens (primary N) is 1. The Morgan fingerprint density at radius 3 is 3.31 bits per heavy atom. The maximum absolute atomic E-state index is 11.3. The van der Waals surface area contributed by atoms with Crippen molar-refractivity contribution >= 4 is 12.0 Å². The summed E-state index contributed by atoms with van der Waals surface area (Å²) in [6, 6.07) is 0. The van der Waals surface area contributed by atoms with Crippen LogP contribution in [0.15, 0.2) is 29.0 Å². The SMILES string of the molecule is NCC(=O)C1=CC=CC2C=NOC12. The summed E-state index contributed by atoms with van der Waals surface area (Å²) in [7, 11) is 0. The molecule has 1 aliphatic heterocycles. The molecule has 2 unspecified atom stereocenters. The van der Waals surface area contributed by atoms with Crippen molar-refractivity contribution in [3.8, 4) is 0 Å². The quantitative estimate of drug-likeness (QED) is 0.647. The van der Waals surface area contributed by atoms with Crippen molar-refractivity contribution in [3.63, 3.8) is 0 Å². The van der Waals surface area contributed by atoms with E-state index in [1.54, 1.807) is 12.3 Å². The van der Waals surface area contributed by atoms with E-state index in [1.807, 2.05) is 12.2 Å². The maximum atomic E-state index is 11.3. The minimum Gasteiger partial charge on any atom is -0.387 e. The van der Waals surface area contributed by atoms with Gasteiger partial charge in [-0.05, 0) is 0 Å². The van der Waals surface area contributed by atoms with Gasteiger partial charge in [-0.15, -0.1) is 0 Å². The van der Waals surface area contributed by atoms with E-state index in [0.717, 1.165) is 0 Å². The number of hydrogen-bond donors (Lipinski definition) is 1. The number of carbonyl (C=O) groups excluding carboxylic acids is 1. The Bertz CT molecular complexity index is 318. The van der Waals surface area contributed by atoms with E-state index in [2.05, 4.69) is 5.16 Å². The average molecular weight is 178 g/mol. The fourth-order valence-corrected chi connectivity index (χ4v) is 1.49. The number of allylic oxidation sites excluding steroid dienone is 2. The van der Waals surface area contributed by atoms with Crippen LogP contribution in [0.1, 0.15) is 0 Å². The molecule has 0 aromatic rings. The highest BCUT2D eigenvalue weighted by Crippen LogP contribution is 2.25. The molecule has 0 saturated carbocycles. The first-order chi connectivity index (χ1) is 6.33. The monoisotopic (exact) mass is 178 g/mol. The Kier molecular flexibility index (Phi) is 1.98. The average Bonchev–Trinajstić information content (AvgIpc) is 2.63. The van der Waals surface area contributed by atoms with Gasteiger partial charge < -0.3 is 10.6 Å². The van der Waals surface area contributed by atoms with Gasteiger partial charge in [0.05, 0.1) is 18.7 Å². The Morgan fingerprint density at radius 1 is 1.69 bits per heavy atom. The molecule has 0 radical (unpaired) electrons. The lowest BCUT2D eigenvalue weighted by molar-refractivity contribution is -0.115. The number of Topliss-reactive ketones (excluding diaryl/α,β-unsaturated/α-hetero) is 1. The maximum Gasteiger partial charge on any atom is 0.176 e. The van der Waals surface area contributed by atoms with E-state index >= 15 is 0 Å². The number of rotatable bonds is 2. The summed E-state index contributed by atoms with van der Waals surface area (Å²) in [5, 5.41) is 3.68. The molecule has 68 valence electrons. The van der Waals surface area contributed by atoms with E-state index in [-0.39, 0.29) is 24.3 Å². The highest BCUT2D eigenvalue weighted by Gasteiger charge is 2.32. The van der Waals surface area contributed by atoms with Gasteiger partial charge >= 0.3 is 0 Å². The molecule has 0 aromatic carbocycles. The summed E-state index contributed by atoms with van der Waals surface area (Å²) in [5.41, 5.74) is 5.89. The molecule has 2 N–H and O–H groups in total. The molecule has 0 amide bonds. The second-order valence-electron chi connectivity index (χ2n) is 2.99. The molecule has 0 bridgehead atoms. The lowest BCUT2D eigenvalue weighted by Gasteiger charge is -2.18. The third-order valence-electron chi connectivity index (χ3n) is 2.18. The molecular formula is C9H10N2O2. The standard InChI is InChI=1S/C9H10N2O2/c10-4-8(12)7-3-1-2-6-5-11-13-9(6)7/h1-3,5-6,9H,4,10H2. The summed E-state index contributed by atoms with van der Waals surface area (Å²) in [4.78, 5) is 16.4. The van der Waals surface area contributed by atoms with Crippen LogP contribution in [0.3, 0.4) is 0 Å². The zero-order chi connectivity index (χ0) is 9.26. The first kappa shape index (κ1) is 8.19. The van der Waals surface area contributed by atoms with Crippen molar-refractivity contribution < 1.29 is 9.63 Å². The second-order valence-corrected chi connectivity index (χ2v) is 2.99. The molecule has 0 saturated heterocycles. The number of hydrogen-bond acceptors (Lipinski definition) is 4. The summed E-state index contributed by atoms with van der Waals surface area (Å²) in [5.74, 6) is 0.0142. The normalized spacial score (nSPS) is 29.5. The largest absolute Gasteiger partial charge is 0.387 e. The zero-order valence-corrected chi connectivity index (χ0v) is 7.01. The van der Waals surface area contributed by atoms with E-state index < -0.39 is 0 Å². The Hall–Kier alpha value is -1.42. The van der Waals surface area contributed by atoms with Crippen LogP contribution in [-0.4, -0.2) is 24.6 Å². The van der Waals surface area contributed by atoms with Gasteiger partial charge in [-0.1, -0.05) is 23.4 Å². The Morgan fingerprint density at radius 2 is 2.54 bits per heavy atom. The van der Waals surface area contributed by atoms with E-state index in [0.29, 0.717) is 5.57 Å². The van der Waals surface area contributed by atoms with E-state index in [9.17, 15) is 4.79 Å². The van der Waals surface area contributed by atoms with Crippen LogP contribution in [0, 0.1) is 5.92 Å².